The molecule has 26 heavy (non-hydrogen) atoms. The molecule has 1 aromatic carbocycles. The second kappa shape index (κ2) is 6.98. The van der Waals surface area contributed by atoms with Crippen molar-refractivity contribution >= 4 is 22.4 Å². The fourth-order valence-corrected chi connectivity index (χ4v) is 3.87. The molecule has 2 aromatic rings. The van der Waals surface area contributed by atoms with Gasteiger partial charge in [0, 0.05) is 48.1 Å². The number of carbonyl (C=O) groups is 1. The Kier molecular flexibility index (Phi) is 5.05. The molecule has 140 valence electrons. The molecule has 0 radical (unpaired) electrons. The first-order valence-corrected chi connectivity index (χ1v) is 9.22. The average Bonchev–Trinajstić information content (AvgIpc) is 3.04. The van der Waals surface area contributed by atoms with Gasteiger partial charge in [-0.05, 0) is 12.8 Å². The van der Waals surface area contributed by atoms with E-state index >= 15 is 0 Å². The SMILES string of the molecule is CC(C)(C)c1nsc(N2CCC(C(=O)c3c(F)cc(F)cc3F)CC2)n1. The number of hydrogen-bond acceptors (Lipinski definition) is 5. The number of piperidine rings is 1. The lowest BCUT2D eigenvalue weighted by Crippen LogP contribution is -2.36. The second-order valence-corrected chi connectivity index (χ2v) is 8.25. The number of aromatic nitrogens is 2. The number of halogens is 3. The van der Waals surface area contributed by atoms with E-state index < -0.39 is 34.7 Å². The normalized spacial score (nSPS) is 16.2. The Bertz CT molecular complexity index is 800. The van der Waals surface area contributed by atoms with Gasteiger partial charge in [-0.3, -0.25) is 4.79 Å². The van der Waals surface area contributed by atoms with Gasteiger partial charge in [-0.1, -0.05) is 20.8 Å². The van der Waals surface area contributed by atoms with E-state index in [2.05, 4.69) is 9.36 Å². The molecule has 1 saturated heterocycles. The van der Waals surface area contributed by atoms with E-state index in [-0.39, 0.29) is 5.41 Å². The van der Waals surface area contributed by atoms with Crippen molar-refractivity contribution in [2.45, 2.75) is 39.0 Å². The topological polar surface area (TPSA) is 46.1 Å². The van der Waals surface area contributed by atoms with Gasteiger partial charge in [-0.15, -0.1) is 0 Å². The second-order valence-electron chi connectivity index (χ2n) is 7.52. The third kappa shape index (κ3) is 3.75. The summed E-state index contributed by atoms with van der Waals surface area (Å²) < 4.78 is 45.1. The molecule has 0 unspecified atom stereocenters. The molecule has 3 rings (SSSR count). The number of carbonyl (C=O) groups excluding carboxylic acids is 1. The highest BCUT2D eigenvalue weighted by Gasteiger charge is 2.31. The van der Waals surface area contributed by atoms with Crippen molar-refractivity contribution in [1.29, 1.82) is 0 Å². The molecule has 1 aliphatic rings. The Hall–Kier alpha value is -1.96. The molecule has 2 heterocycles. The first kappa shape index (κ1) is 18.8. The van der Waals surface area contributed by atoms with E-state index in [9.17, 15) is 18.0 Å². The average molecular weight is 383 g/mol. The molecule has 1 aromatic heterocycles. The Morgan fingerprint density at radius 2 is 1.73 bits per heavy atom. The van der Waals surface area contributed by atoms with Crippen LogP contribution in [0.1, 0.15) is 49.8 Å². The van der Waals surface area contributed by atoms with Crippen molar-refractivity contribution in [3.05, 3.63) is 41.0 Å². The first-order valence-electron chi connectivity index (χ1n) is 8.44. The van der Waals surface area contributed by atoms with Gasteiger partial charge in [0.05, 0.1) is 5.56 Å². The van der Waals surface area contributed by atoms with Gasteiger partial charge in [0.25, 0.3) is 0 Å². The number of benzene rings is 1. The minimum Gasteiger partial charge on any atom is -0.347 e. The minimum atomic E-state index is -1.14. The van der Waals surface area contributed by atoms with Crippen molar-refractivity contribution in [3.8, 4) is 0 Å². The molecule has 0 amide bonds. The van der Waals surface area contributed by atoms with Crippen LogP contribution >= 0.6 is 11.5 Å². The number of nitrogens with zero attached hydrogens (tertiary/aromatic N) is 3. The summed E-state index contributed by atoms with van der Waals surface area (Å²) in [6.07, 6.45) is 0.916. The number of hydrogen-bond donors (Lipinski definition) is 0. The molecule has 1 aliphatic heterocycles. The van der Waals surface area contributed by atoms with Crippen molar-refractivity contribution in [1.82, 2.24) is 9.36 Å². The van der Waals surface area contributed by atoms with E-state index in [1.54, 1.807) is 0 Å². The van der Waals surface area contributed by atoms with Crippen LogP contribution in [0.25, 0.3) is 0 Å². The van der Waals surface area contributed by atoms with Crippen LogP contribution in [-0.4, -0.2) is 28.2 Å². The van der Waals surface area contributed by atoms with E-state index in [1.807, 2.05) is 25.7 Å². The van der Waals surface area contributed by atoms with Gasteiger partial charge in [0.15, 0.2) is 5.78 Å². The van der Waals surface area contributed by atoms with E-state index in [0.717, 1.165) is 11.0 Å². The van der Waals surface area contributed by atoms with Crippen LogP contribution in [0.5, 0.6) is 0 Å². The van der Waals surface area contributed by atoms with Crippen LogP contribution in [0, 0.1) is 23.4 Å². The lowest BCUT2D eigenvalue weighted by Gasteiger charge is -2.30. The van der Waals surface area contributed by atoms with E-state index in [4.69, 9.17) is 0 Å². The maximum atomic E-state index is 13.8. The summed E-state index contributed by atoms with van der Waals surface area (Å²) in [5, 5.41) is 0.792. The maximum Gasteiger partial charge on any atom is 0.205 e. The monoisotopic (exact) mass is 383 g/mol. The van der Waals surface area contributed by atoms with Crippen LogP contribution in [0.3, 0.4) is 0 Å². The fraction of sp³-hybridized carbons (Fsp3) is 0.500. The van der Waals surface area contributed by atoms with Gasteiger partial charge in [0.1, 0.15) is 23.3 Å². The molecule has 1 fully saturated rings. The lowest BCUT2D eigenvalue weighted by atomic mass is 9.88. The summed E-state index contributed by atoms with van der Waals surface area (Å²) in [5.74, 6) is -3.64. The number of Topliss-reactive ketones (excluding diaryl/α,β-unsaturated/α-hetero) is 1. The highest BCUT2D eigenvalue weighted by atomic mass is 32.1. The van der Waals surface area contributed by atoms with Crippen molar-refractivity contribution in [2.24, 2.45) is 5.92 Å². The smallest absolute Gasteiger partial charge is 0.205 e. The summed E-state index contributed by atoms with van der Waals surface area (Å²) >= 11 is 1.31. The van der Waals surface area contributed by atoms with Gasteiger partial charge < -0.3 is 4.90 Å². The van der Waals surface area contributed by atoms with Crippen LogP contribution in [0.15, 0.2) is 12.1 Å². The molecular weight excluding hydrogens is 363 g/mol. The zero-order chi connectivity index (χ0) is 19.1. The molecule has 4 nitrogen and oxygen atoms in total. The van der Waals surface area contributed by atoms with E-state index in [0.29, 0.717) is 38.1 Å². The zero-order valence-corrected chi connectivity index (χ0v) is 15.7. The number of ketones is 1. The maximum absolute atomic E-state index is 13.8. The molecule has 8 heteroatoms. The molecule has 0 N–H and O–H groups in total. The van der Waals surface area contributed by atoms with Gasteiger partial charge in [0.2, 0.25) is 5.13 Å². The van der Waals surface area contributed by atoms with Crippen LogP contribution < -0.4 is 4.90 Å². The quantitative estimate of drug-likeness (QED) is 0.739. The van der Waals surface area contributed by atoms with Crippen molar-refractivity contribution < 1.29 is 18.0 Å². The first-order chi connectivity index (χ1) is 12.2. The van der Waals surface area contributed by atoms with Crippen LogP contribution in [0.4, 0.5) is 18.3 Å². The molecule has 0 bridgehead atoms. The Morgan fingerprint density at radius 1 is 1.15 bits per heavy atom. The van der Waals surface area contributed by atoms with Gasteiger partial charge in [-0.2, -0.15) is 4.37 Å². The summed E-state index contributed by atoms with van der Waals surface area (Å²) in [7, 11) is 0. The predicted molar refractivity (Wildman–Crippen MR) is 94.2 cm³/mol. The highest BCUT2D eigenvalue weighted by molar-refractivity contribution is 7.09. The largest absolute Gasteiger partial charge is 0.347 e. The lowest BCUT2D eigenvalue weighted by molar-refractivity contribution is 0.0891. The zero-order valence-electron chi connectivity index (χ0n) is 14.9. The third-order valence-corrected chi connectivity index (χ3v) is 5.25. The summed E-state index contributed by atoms with van der Waals surface area (Å²) in [6, 6.07) is 1.08. The molecule has 0 aliphatic carbocycles. The highest BCUT2D eigenvalue weighted by Crippen LogP contribution is 2.30. The molecular formula is C18H20F3N3OS. The predicted octanol–water partition coefficient (Wildman–Crippen LogP) is 4.35. The van der Waals surface area contributed by atoms with Crippen LogP contribution in [0.2, 0.25) is 0 Å². The Balaban J connectivity index is 1.69. The standard InChI is InChI=1S/C18H20F3N3OS/c1-18(2,3)16-22-17(26-23-16)24-6-4-10(5-7-24)15(25)14-12(20)8-11(19)9-13(14)21/h8-10H,4-7H2,1-3H3. The van der Waals surface area contributed by atoms with E-state index in [1.165, 1.54) is 11.5 Å². The van der Waals surface area contributed by atoms with Crippen molar-refractivity contribution in [3.63, 3.8) is 0 Å². The molecule has 0 saturated carbocycles. The Labute approximate surface area is 154 Å². The molecule has 0 spiro atoms. The third-order valence-electron chi connectivity index (χ3n) is 4.48. The van der Waals surface area contributed by atoms with Crippen LogP contribution in [-0.2, 0) is 5.41 Å². The summed E-state index contributed by atoms with van der Waals surface area (Å²) in [4.78, 5) is 19.1. The number of anilines is 1. The molecule has 0 atom stereocenters. The number of rotatable bonds is 3. The summed E-state index contributed by atoms with van der Waals surface area (Å²) in [5.41, 5.74) is -0.781. The minimum absolute atomic E-state index is 0.138. The van der Waals surface area contributed by atoms with Crippen molar-refractivity contribution in [2.75, 3.05) is 18.0 Å². The van der Waals surface area contributed by atoms with Gasteiger partial charge in [-0.25, -0.2) is 18.2 Å². The van der Waals surface area contributed by atoms with Gasteiger partial charge >= 0.3 is 0 Å². The Morgan fingerprint density at radius 3 is 2.23 bits per heavy atom. The fourth-order valence-electron chi connectivity index (χ4n) is 2.96. The summed E-state index contributed by atoms with van der Waals surface area (Å²) in [6.45, 7) is 7.22.